The van der Waals surface area contributed by atoms with Crippen LogP contribution >= 0.6 is 0 Å². The molecule has 39 heavy (non-hydrogen) atoms. The van der Waals surface area contributed by atoms with Gasteiger partial charge >= 0.3 is 0 Å². The molecule has 5 aliphatic rings. The van der Waals surface area contributed by atoms with Crippen LogP contribution in [0.25, 0.3) is 0 Å². The first-order valence-electron chi connectivity index (χ1n) is 14.6. The maximum atomic E-state index is 13.8. The molecule has 4 bridgehead atoms. The summed E-state index contributed by atoms with van der Waals surface area (Å²) >= 11 is 0. The summed E-state index contributed by atoms with van der Waals surface area (Å²) in [6.45, 7) is 3.00. The minimum atomic E-state index is -0.492. The van der Waals surface area contributed by atoms with E-state index in [1.54, 1.807) is 17.0 Å². The topological polar surface area (TPSA) is 87.7 Å². The number of hydrogen-bond acceptors (Lipinski definition) is 4. The molecule has 7 nitrogen and oxygen atoms in total. The van der Waals surface area contributed by atoms with E-state index in [9.17, 15) is 14.4 Å². The van der Waals surface area contributed by atoms with Gasteiger partial charge in [0.1, 0.15) is 0 Å². The maximum absolute atomic E-state index is 13.8. The zero-order valence-electron chi connectivity index (χ0n) is 22.6. The molecule has 3 amide bonds. The minimum absolute atomic E-state index is 0.00557. The molecule has 0 aromatic heterocycles. The fourth-order valence-electron chi connectivity index (χ4n) is 8.03. The molecule has 7 heteroatoms. The smallest absolute Gasteiger partial charge is 0.254 e. The number of ether oxygens (including phenoxy) is 1. The molecule has 4 aliphatic carbocycles. The Morgan fingerprint density at radius 2 is 1.49 bits per heavy atom. The van der Waals surface area contributed by atoms with Gasteiger partial charge in [0.25, 0.3) is 5.91 Å². The van der Waals surface area contributed by atoms with Crippen LogP contribution in [0.2, 0.25) is 0 Å². The first-order valence-corrected chi connectivity index (χ1v) is 14.6. The Kier molecular flexibility index (Phi) is 7.19. The van der Waals surface area contributed by atoms with Crippen molar-refractivity contribution < 1.29 is 19.1 Å². The Labute approximate surface area is 230 Å². The highest BCUT2D eigenvalue weighted by Crippen LogP contribution is 2.65. The number of benzene rings is 2. The monoisotopic (exact) mass is 529 g/mol. The van der Waals surface area contributed by atoms with Crippen LogP contribution in [-0.4, -0.2) is 55.5 Å². The van der Waals surface area contributed by atoms with Crippen molar-refractivity contribution in [1.82, 2.24) is 10.2 Å². The summed E-state index contributed by atoms with van der Waals surface area (Å²) in [5.41, 5.74) is 1.69. The highest BCUT2D eigenvalue weighted by molar-refractivity contribution is 5.98. The molecule has 0 radical (unpaired) electrons. The van der Waals surface area contributed by atoms with Gasteiger partial charge < -0.3 is 20.3 Å². The lowest BCUT2D eigenvalue weighted by atomic mass is 9.43. The molecular weight excluding hydrogens is 490 g/mol. The average molecular weight is 530 g/mol. The first-order chi connectivity index (χ1) is 18.9. The van der Waals surface area contributed by atoms with Crippen LogP contribution in [0.3, 0.4) is 0 Å². The Bertz CT molecular complexity index is 1190. The normalized spacial score (nSPS) is 29.2. The third kappa shape index (κ3) is 5.33. The van der Waals surface area contributed by atoms with Gasteiger partial charge in [0.05, 0.1) is 24.0 Å². The van der Waals surface area contributed by atoms with E-state index >= 15 is 0 Å². The predicted octanol–water partition coefficient (Wildman–Crippen LogP) is 4.43. The van der Waals surface area contributed by atoms with Crippen LogP contribution in [0.15, 0.2) is 54.6 Å². The summed E-state index contributed by atoms with van der Waals surface area (Å²) in [6, 6.07) is 17.6. The zero-order chi connectivity index (χ0) is 26.9. The second kappa shape index (κ2) is 10.8. The lowest BCUT2D eigenvalue weighted by Gasteiger charge is -2.60. The fraction of sp³-hybridized carbons (Fsp3) is 0.531. The van der Waals surface area contributed by atoms with Crippen molar-refractivity contribution in [3.8, 4) is 0 Å². The molecule has 5 fully saturated rings. The van der Waals surface area contributed by atoms with Crippen LogP contribution in [0.4, 0.5) is 5.69 Å². The van der Waals surface area contributed by atoms with Gasteiger partial charge in [0.2, 0.25) is 11.8 Å². The van der Waals surface area contributed by atoms with E-state index in [1.165, 1.54) is 5.56 Å². The highest BCUT2D eigenvalue weighted by atomic mass is 16.5. The van der Waals surface area contributed by atoms with E-state index in [2.05, 4.69) is 22.8 Å². The number of rotatable bonds is 8. The number of nitrogens with zero attached hydrogens (tertiary/aromatic N) is 1. The van der Waals surface area contributed by atoms with E-state index in [0.717, 1.165) is 44.9 Å². The summed E-state index contributed by atoms with van der Waals surface area (Å²) < 4.78 is 5.35. The summed E-state index contributed by atoms with van der Waals surface area (Å²) in [5.74, 6) is 1.04. The third-order valence-corrected chi connectivity index (χ3v) is 9.48. The van der Waals surface area contributed by atoms with Crippen LogP contribution < -0.4 is 10.6 Å². The summed E-state index contributed by atoms with van der Waals surface area (Å²) in [5, 5.41) is 6.40. The van der Waals surface area contributed by atoms with Crippen molar-refractivity contribution >= 4 is 23.4 Å². The standard InChI is InChI=1S/C32H39N3O4/c36-28(35-13-15-39-16-14-35)26-8-10-27(11-9-26)34-30(38)32-20-24-17-25(21-32)19-31(18-24,22-32)29(37)33-12-4-7-23-5-2-1-3-6-23/h1-3,5-6,8-11,24-25H,4,7,12-22H2,(H,33,37)(H,34,38). The average Bonchev–Trinajstić information content (AvgIpc) is 2.95. The summed E-state index contributed by atoms with van der Waals surface area (Å²) in [4.78, 5) is 41.9. The van der Waals surface area contributed by atoms with Gasteiger partial charge in [-0.25, -0.2) is 0 Å². The van der Waals surface area contributed by atoms with Gasteiger partial charge in [-0.3, -0.25) is 14.4 Å². The molecule has 1 aliphatic heterocycles. The van der Waals surface area contributed by atoms with Crippen LogP contribution in [-0.2, 0) is 20.7 Å². The number of carbonyl (C=O) groups is 3. The molecule has 4 saturated carbocycles. The number of aryl methyl sites for hydroxylation is 1. The Morgan fingerprint density at radius 1 is 0.846 bits per heavy atom. The fourth-order valence-corrected chi connectivity index (χ4v) is 8.03. The van der Waals surface area contributed by atoms with E-state index in [4.69, 9.17) is 4.74 Å². The zero-order valence-corrected chi connectivity index (χ0v) is 22.6. The Morgan fingerprint density at radius 3 is 2.15 bits per heavy atom. The van der Waals surface area contributed by atoms with Gasteiger partial charge in [0.15, 0.2) is 0 Å². The van der Waals surface area contributed by atoms with Gasteiger partial charge in [0, 0.05) is 30.9 Å². The van der Waals surface area contributed by atoms with E-state index in [1.807, 2.05) is 30.3 Å². The third-order valence-electron chi connectivity index (χ3n) is 9.48. The van der Waals surface area contributed by atoms with Gasteiger partial charge in [-0.15, -0.1) is 0 Å². The van der Waals surface area contributed by atoms with Crippen LogP contribution in [0, 0.1) is 22.7 Å². The second-order valence-electron chi connectivity index (χ2n) is 12.3. The molecule has 1 saturated heterocycles. The quantitative estimate of drug-likeness (QED) is 0.495. The number of morpholine rings is 1. The second-order valence-corrected chi connectivity index (χ2v) is 12.3. The van der Waals surface area contributed by atoms with Crippen LogP contribution in [0.1, 0.15) is 60.9 Å². The van der Waals surface area contributed by atoms with Crippen molar-refractivity contribution in [2.24, 2.45) is 22.7 Å². The number of nitrogens with one attached hydrogen (secondary N) is 2. The minimum Gasteiger partial charge on any atom is -0.378 e. The van der Waals surface area contributed by atoms with E-state index in [-0.39, 0.29) is 17.7 Å². The SMILES string of the molecule is O=C(c1ccc(NC(=O)C23CC4CC(CC(C(=O)NCCCc5ccccc5)(C4)C2)C3)cc1)N1CCOCC1. The largest absolute Gasteiger partial charge is 0.378 e. The lowest BCUT2D eigenvalue weighted by molar-refractivity contribution is -0.164. The lowest BCUT2D eigenvalue weighted by Crippen LogP contribution is -2.60. The molecule has 1 heterocycles. The number of amides is 3. The van der Waals surface area contributed by atoms with Crippen molar-refractivity contribution in [1.29, 1.82) is 0 Å². The van der Waals surface area contributed by atoms with Crippen molar-refractivity contribution in [2.45, 2.75) is 51.4 Å². The Balaban J connectivity index is 1.08. The van der Waals surface area contributed by atoms with Gasteiger partial charge in [-0.1, -0.05) is 30.3 Å². The number of carbonyl (C=O) groups excluding carboxylic acids is 3. The molecule has 7 rings (SSSR count). The molecule has 2 N–H and O–H groups in total. The number of anilines is 1. The predicted molar refractivity (Wildman–Crippen MR) is 149 cm³/mol. The molecule has 2 aromatic rings. The molecular formula is C32H39N3O4. The highest BCUT2D eigenvalue weighted by Gasteiger charge is 2.63. The van der Waals surface area contributed by atoms with E-state index < -0.39 is 10.8 Å². The van der Waals surface area contributed by atoms with Crippen molar-refractivity contribution in [3.63, 3.8) is 0 Å². The van der Waals surface area contributed by atoms with Crippen LogP contribution in [0.5, 0.6) is 0 Å². The van der Waals surface area contributed by atoms with Crippen molar-refractivity contribution in [3.05, 3.63) is 65.7 Å². The van der Waals surface area contributed by atoms with Gasteiger partial charge in [-0.2, -0.15) is 0 Å². The van der Waals surface area contributed by atoms with Gasteiger partial charge in [-0.05, 0) is 93.0 Å². The molecule has 2 atom stereocenters. The molecule has 2 aromatic carbocycles. The molecule has 0 spiro atoms. The van der Waals surface area contributed by atoms with E-state index in [0.29, 0.717) is 62.4 Å². The maximum Gasteiger partial charge on any atom is 0.254 e. The first kappa shape index (κ1) is 26.1. The number of hydrogen-bond donors (Lipinski definition) is 2. The summed E-state index contributed by atoms with van der Waals surface area (Å²) in [7, 11) is 0. The Hall–Kier alpha value is -3.19. The summed E-state index contributed by atoms with van der Waals surface area (Å²) in [6.07, 6.45) is 7.17. The molecule has 2 unspecified atom stereocenters. The van der Waals surface area contributed by atoms with Crippen molar-refractivity contribution in [2.75, 3.05) is 38.2 Å². The molecule has 206 valence electrons.